The summed E-state index contributed by atoms with van der Waals surface area (Å²) in [6.45, 7) is 6.68. The molecule has 0 radical (unpaired) electrons. The summed E-state index contributed by atoms with van der Waals surface area (Å²) in [5.41, 5.74) is 3.51. The van der Waals surface area contributed by atoms with Crippen LogP contribution in [0.3, 0.4) is 0 Å². The quantitative estimate of drug-likeness (QED) is 0.466. The molecule has 0 saturated carbocycles. The number of amides is 1. The van der Waals surface area contributed by atoms with Crippen molar-refractivity contribution in [2.75, 3.05) is 28.7 Å². The van der Waals surface area contributed by atoms with Gasteiger partial charge >= 0.3 is 0 Å². The van der Waals surface area contributed by atoms with E-state index in [0.29, 0.717) is 5.69 Å². The number of hydrogen-bond acceptors (Lipinski definition) is 6. The van der Waals surface area contributed by atoms with Crippen molar-refractivity contribution < 1.29 is 9.90 Å². The monoisotopic (exact) mass is 434 g/mol. The van der Waals surface area contributed by atoms with Gasteiger partial charge in [-0.1, -0.05) is 13.5 Å². The van der Waals surface area contributed by atoms with E-state index in [2.05, 4.69) is 34.1 Å². The van der Waals surface area contributed by atoms with Crippen LogP contribution in [0.4, 0.5) is 23.0 Å². The first kappa shape index (κ1) is 21.8. The van der Waals surface area contributed by atoms with E-state index >= 15 is 0 Å². The number of rotatable bonds is 8. The van der Waals surface area contributed by atoms with Gasteiger partial charge in [-0.05, 0) is 62.4 Å². The second kappa shape index (κ2) is 9.82. The molecule has 2 aromatic heterocycles. The Balaban J connectivity index is 1.68. The summed E-state index contributed by atoms with van der Waals surface area (Å²) in [6, 6.07) is 9.81. The molecule has 32 heavy (non-hydrogen) atoms. The lowest BCUT2D eigenvalue weighted by Crippen LogP contribution is -2.40. The molecule has 1 amide bonds. The van der Waals surface area contributed by atoms with E-state index in [1.54, 1.807) is 0 Å². The molecule has 1 saturated heterocycles. The van der Waals surface area contributed by atoms with Crippen LogP contribution in [-0.2, 0) is 11.2 Å². The Bertz CT molecular complexity index is 1090. The Morgan fingerprint density at radius 1 is 1.28 bits per heavy atom. The first-order valence-electron chi connectivity index (χ1n) is 11.2. The van der Waals surface area contributed by atoms with E-state index in [4.69, 9.17) is 4.98 Å². The van der Waals surface area contributed by atoms with Crippen LogP contribution in [0.1, 0.15) is 38.2 Å². The van der Waals surface area contributed by atoms with Gasteiger partial charge in [-0.15, -0.1) is 0 Å². The number of anilines is 4. The van der Waals surface area contributed by atoms with Gasteiger partial charge in [0.05, 0.1) is 6.20 Å². The number of carbonyl (C=O) groups excluding carboxylic acids is 1. The molecule has 8 heteroatoms. The molecular formula is C24H30N6O2. The van der Waals surface area contributed by atoms with Crippen molar-refractivity contribution in [1.82, 2.24) is 14.6 Å². The van der Waals surface area contributed by atoms with Crippen LogP contribution in [-0.4, -0.2) is 44.8 Å². The van der Waals surface area contributed by atoms with Gasteiger partial charge in [0.2, 0.25) is 5.91 Å². The minimum atomic E-state index is -0.242. The fourth-order valence-electron chi connectivity index (χ4n) is 4.21. The van der Waals surface area contributed by atoms with Gasteiger partial charge in [0.25, 0.3) is 0 Å². The number of benzene rings is 1. The maximum atomic E-state index is 11.5. The molecule has 1 aliphatic heterocycles. The van der Waals surface area contributed by atoms with Crippen molar-refractivity contribution in [2.24, 2.45) is 0 Å². The number of hydrogen-bond donors (Lipinski definition) is 3. The summed E-state index contributed by atoms with van der Waals surface area (Å²) in [5.74, 6) is 1.48. The molecule has 1 fully saturated rings. The van der Waals surface area contributed by atoms with Gasteiger partial charge in [0, 0.05) is 42.2 Å². The van der Waals surface area contributed by atoms with E-state index in [1.165, 1.54) is 12.5 Å². The lowest BCUT2D eigenvalue weighted by atomic mass is 9.99. The molecular weight excluding hydrogens is 404 g/mol. The third-order valence-electron chi connectivity index (χ3n) is 5.91. The molecule has 4 rings (SSSR count). The van der Waals surface area contributed by atoms with Gasteiger partial charge in [-0.25, -0.2) is 4.98 Å². The van der Waals surface area contributed by atoms with Gasteiger partial charge in [-0.2, -0.15) is 9.61 Å². The normalized spacial score (nSPS) is 16.2. The third kappa shape index (κ3) is 4.60. The number of aliphatic hydroxyl groups is 1. The lowest BCUT2D eigenvalue weighted by Gasteiger charge is -2.36. The largest absolute Gasteiger partial charge is 0.396 e. The van der Waals surface area contributed by atoms with Crippen LogP contribution in [0, 0.1) is 0 Å². The van der Waals surface area contributed by atoms with E-state index < -0.39 is 0 Å². The minimum absolute atomic E-state index is 0.177. The van der Waals surface area contributed by atoms with Crippen LogP contribution >= 0.6 is 0 Å². The van der Waals surface area contributed by atoms with Crippen LogP contribution in [0.2, 0.25) is 0 Å². The molecule has 1 aromatic carbocycles. The highest BCUT2D eigenvalue weighted by molar-refractivity contribution is 5.98. The van der Waals surface area contributed by atoms with E-state index in [9.17, 15) is 9.90 Å². The highest BCUT2D eigenvalue weighted by Gasteiger charge is 2.25. The molecule has 8 nitrogen and oxygen atoms in total. The first-order valence-corrected chi connectivity index (χ1v) is 11.2. The highest BCUT2D eigenvalue weighted by atomic mass is 16.3. The molecule has 3 N–H and O–H groups in total. The summed E-state index contributed by atoms with van der Waals surface area (Å²) in [5, 5.41) is 20.3. The molecule has 0 bridgehead atoms. The average molecular weight is 435 g/mol. The molecule has 0 spiro atoms. The lowest BCUT2D eigenvalue weighted by molar-refractivity contribution is -0.111. The summed E-state index contributed by atoms with van der Waals surface area (Å²) < 4.78 is 1.83. The van der Waals surface area contributed by atoms with Crippen molar-refractivity contribution in [3.05, 3.63) is 54.7 Å². The topological polar surface area (TPSA) is 94.8 Å². The number of carbonyl (C=O) groups is 1. The molecule has 1 atom stereocenters. The van der Waals surface area contributed by atoms with Crippen LogP contribution in [0.5, 0.6) is 0 Å². The SMILES string of the molecule is C=CC(=O)Nc1ccc(Nc2cc(N3CCCC[C@H]3CCO)nc3c(CC)cnn23)cc1. The summed E-state index contributed by atoms with van der Waals surface area (Å²) in [6.07, 6.45) is 8.06. The van der Waals surface area contributed by atoms with E-state index in [-0.39, 0.29) is 18.6 Å². The van der Waals surface area contributed by atoms with E-state index in [1.807, 2.05) is 41.0 Å². The zero-order chi connectivity index (χ0) is 22.5. The number of aryl methyl sites for hydroxylation is 1. The highest BCUT2D eigenvalue weighted by Crippen LogP contribution is 2.30. The van der Waals surface area contributed by atoms with Crippen molar-refractivity contribution in [2.45, 2.75) is 45.1 Å². The van der Waals surface area contributed by atoms with Crippen molar-refractivity contribution >= 4 is 34.6 Å². The summed E-state index contributed by atoms with van der Waals surface area (Å²) in [4.78, 5) is 18.8. The molecule has 168 valence electrons. The van der Waals surface area contributed by atoms with Gasteiger partial charge in [0.15, 0.2) is 5.65 Å². The van der Waals surface area contributed by atoms with Crippen molar-refractivity contribution in [3.63, 3.8) is 0 Å². The number of aliphatic hydroxyl groups excluding tert-OH is 1. The van der Waals surface area contributed by atoms with Gasteiger partial charge < -0.3 is 20.6 Å². The molecule has 3 heterocycles. The number of piperidine rings is 1. The predicted molar refractivity (Wildman–Crippen MR) is 128 cm³/mol. The van der Waals surface area contributed by atoms with Gasteiger partial charge in [-0.3, -0.25) is 4.79 Å². The maximum absolute atomic E-state index is 11.5. The molecule has 1 aliphatic rings. The summed E-state index contributed by atoms with van der Waals surface area (Å²) >= 11 is 0. The predicted octanol–water partition coefficient (Wildman–Crippen LogP) is 3.90. The van der Waals surface area contributed by atoms with Crippen molar-refractivity contribution in [3.8, 4) is 0 Å². The number of fused-ring (bicyclic) bond motifs is 1. The fourth-order valence-corrected chi connectivity index (χ4v) is 4.21. The van der Waals surface area contributed by atoms with E-state index in [0.717, 1.165) is 60.8 Å². The number of nitrogens with one attached hydrogen (secondary N) is 2. The van der Waals surface area contributed by atoms with Crippen LogP contribution < -0.4 is 15.5 Å². The Morgan fingerprint density at radius 3 is 2.78 bits per heavy atom. The Labute approximate surface area is 188 Å². The van der Waals surface area contributed by atoms with Gasteiger partial charge in [0.1, 0.15) is 11.6 Å². The molecule has 0 aliphatic carbocycles. The van der Waals surface area contributed by atoms with Crippen LogP contribution in [0.15, 0.2) is 49.2 Å². The van der Waals surface area contributed by atoms with Crippen molar-refractivity contribution in [1.29, 1.82) is 0 Å². The number of aromatic nitrogens is 3. The number of nitrogens with zero attached hydrogens (tertiary/aromatic N) is 4. The Hall–Kier alpha value is -3.39. The Morgan fingerprint density at radius 2 is 2.06 bits per heavy atom. The maximum Gasteiger partial charge on any atom is 0.247 e. The first-order chi connectivity index (χ1) is 15.6. The fraction of sp³-hybridized carbons (Fsp3) is 0.375. The minimum Gasteiger partial charge on any atom is -0.396 e. The third-order valence-corrected chi connectivity index (χ3v) is 5.91. The second-order valence-corrected chi connectivity index (χ2v) is 8.01. The molecule has 0 unspecified atom stereocenters. The van der Waals surface area contributed by atoms with Crippen LogP contribution in [0.25, 0.3) is 5.65 Å². The molecule has 3 aromatic rings. The smallest absolute Gasteiger partial charge is 0.247 e. The zero-order valence-electron chi connectivity index (χ0n) is 18.4. The zero-order valence-corrected chi connectivity index (χ0v) is 18.4. The Kier molecular flexibility index (Phi) is 6.70. The second-order valence-electron chi connectivity index (χ2n) is 8.01. The average Bonchev–Trinajstić information content (AvgIpc) is 3.24. The summed E-state index contributed by atoms with van der Waals surface area (Å²) in [7, 11) is 0. The standard InChI is InChI=1S/C24H30N6O2/c1-3-17-16-25-30-22(26-18-8-10-19(11-9-18)27-23(32)4-2)15-21(28-24(17)30)29-13-6-5-7-20(29)12-14-31/h4,8-11,15-16,20,26,31H,2-3,5-7,12-14H2,1H3,(H,27,32)/t20-/m0/s1.